The fraction of sp³-hybridized carbons (Fsp3) is 0.786. The number of hydrogen-bond donors (Lipinski definition) is 2. The van der Waals surface area contributed by atoms with Gasteiger partial charge in [0.25, 0.3) is 0 Å². The van der Waals surface area contributed by atoms with E-state index in [1.54, 1.807) is 0 Å². The topological polar surface area (TPSA) is 78.5 Å². The molecule has 1 aliphatic rings. The number of rotatable bonds is 8. The third kappa shape index (κ3) is 8.72. The standard InChI is InChI=1S/C14H25N3O3S/c1-12(18)21-11-13(19)16-6-4-2-3-5-14(20)17-9-7-15-8-10-17/h15H,2-11H2,1H3,(H,16,19). The van der Waals surface area contributed by atoms with Crippen LogP contribution in [0.4, 0.5) is 0 Å². The number of carbonyl (C=O) groups is 3. The smallest absolute Gasteiger partial charge is 0.230 e. The predicted octanol–water partition coefficient (Wildman–Crippen LogP) is 0.375. The van der Waals surface area contributed by atoms with Crippen LogP contribution in [-0.2, 0) is 14.4 Å². The van der Waals surface area contributed by atoms with E-state index in [1.807, 2.05) is 4.90 Å². The van der Waals surface area contributed by atoms with Crippen LogP contribution in [0.5, 0.6) is 0 Å². The maximum absolute atomic E-state index is 11.9. The maximum atomic E-state index is 11.9. The molecule has 120 valence electrons. The molecule has 21 heavy (non-hydrogen) atoms. The molecule has 0 bridgehead atoms. The molecular formula is C14H25N3O3S. The lowest BCUT2D eigenvalue weighted by Crippen LogP contribution is -2.46. The average molecular weight is 315 g/mol. The molecule has 2 N–H and O–H groups in total. The monoisotopic (exact) mass is 315 g/mol. The van der Waals surface area contributed by atoms with Crippen LogP contribution in [0.2, 0.25) is 0 Å². The van der Waals surface area contributed by atoms with E-state index >= 15 is 0 Å². The lowest BCUT2D eigenvalue weighted by molar-refractivity contribution is -0.131. The van der Waals surface area contributed by atoms with Gasteiger partial charge in [-0.1, -0.05) is 18.2 Å². The second-order valence-electron chi connectivity index (χ2n) is 5.07. The number of piperazine rings is 1. The summed E-state index contributed by atoms with van der Waals surface area (Å²) in [5.74, 6) is 0.321. The van der Waals surface area contributed by atoms with Crippen molar-refractivity contribution in [1.29, 1.82) is 0 Å². The zero-order valence-corrected chi connectivity index (χ0v) is 13.5. The summed E-state index contributed by atoms with van der Waals surface area (Å²) in [5, 5.41) is 5.95. The number of hydrogen-bond acceptors (Lipinski definition) is 5. The largest absolute Gasteiger partial charge is 0.355 e. The van der Waals surface area contributed by atoms with Crippen molar-refractivity contribution in [2.45, 2.75) is 32.6 Å². The highest BCUT2D eigenvalue weighted by Crippen LogP contribution is 2.04. The fourth-order valence-electron chi connectivity index (χ4n) is 2.10. The van der Waals surface area contributed by atoms with Crippen LogP contribution < -0.4 is 10.6 Å². The Hall–Kier alpha value is -1.08. The van der Waals surface area contributed by atoms with E-state index in [0.717, 1.165) is 57.2 Å². The summed E-state index contributed by atoms with van der Waals surface area (Å²) in [7, 11) is 0. The second kappa shape index (κ2) is 10.6. The first-order valence-electron chi connectivity index (χ1n) is 7.48. The Balaban J connectivity index is 1.95. The van der Waals surface area contributed by atoms with Gasteiger partial charge in [0, 0.05) is 46.1 Å². The minimum Gasteiger partial charge on any atom is -0.355 e. The Morgan fingerprint density at radius 1 is 1.14 bits per heavy atom. The predicted molar refractivity (Wildman–Crippen MR) is 84.1 cm³/mol. The molecule has 0 aromatic rings. The van der Waals surface area contributed by atoms with Gasteiger partial charge in [0.15, 0.2) is 5.12 Å². The summed E-state index contributed by atoms with van der Waals surface area (Å²) in [6.07, 6.45) is 3.25. The Kier molecular flexibility index (Phi) is 9.09. The van der Waals surface area contributed by atoms with Crippen molar-refractivity contribution >= 4 is 28.7 Å². The first-order chi connectivity index (χ1) is 10.1. The normalized spacial score (nSPS) is 14.8. The maximum Gasteiger partial charge on any atom is 0.230 e. The fourth-order valence-corrected chi connectivity index (χ4v) is 2.53. The van der Waals surface area contributed by atoms with Gasteiger partial charge in [-0.3, -0.25) is 14.4 Å². The van der Waals surface area contributed by atoms with E-state index in [2.05, 4.69) is 10.6 Å². The summed E-state index contributed by atoms with van der Waals surface area (Å²) in [4.78, 5) is 35.8. The van der Waals surface area contributed by atoms with Gasteiger partial charge in [-0.05, 0) is 12.8 Å². The van der Waals surface area contributed by atoms with E-state index in [4.69, 9.17) is 0 Å². The Bertz CT molecular complexity index is 357. The number of nitrogens with zero attached hydrogens (tertiary/aromatic N) is 1. The molecule has 1 fully saturated rings. The van der Waals surface area contributed by atoms with Crippen molar-refractivity contribution in [3.63, 3.8) is 0 Å². The molecule has 1 aliphatic heterocycles. The lowest BCUT2D eigenvalue weighted by atomic mass is 10.1. The van der Waals surface area contributed by atoms with Crippen LogP contribution in [0.3, 0.4) is 0 Å². The van der Waals surface area contributed by atoms with Gasteiger partial charge in [-0.25, -0.2) is 0 Å². The van der Waals surface area contributed by atoms with Gasteiger partial charge in [0.2, 0.25) is 11.8 Å². The van der Waals surface area contributed by atoms with Crippen LogP contribution in [-0.4, -0.2) is 60.3 Å². The van der Waals surface area contributed by atoms with Crippen LogP contribution in [0.1, 0.15) is 32.6 Å². The molecule has 0 saturated carbocycles. The first kappa shape index (κ1) is 18.0. The molecule has 1 saturated heterocycles. The highest BCUT2D eigenvalue weighted by molar-refractivity contribution is 8.14. The molecule has 0 aromatic carbocycles. The minimum atomic E-state index is -0.105. The van der Waals surface area contributed by atoms with Crippen molar-refractivity contribution in [2.75, 3.05) is 38.5 Å². The summed E-state index contributed by atoms with van der Waals surface area (Å²) in [5.41, 5.74) is 0. The van der Waals surface area contributed by atoms with E-state index in [1.165, 1.54) is 6.92 Å². The minimum absolute atomic E-state index is 0.0448. The van der Waals surface area contributed by atoms with Crippen molar-refractivity contribution in [3.05, 3.63) is 0 Å². The number of amides is 2. The third-order valence-electron chi connectivity index (χ3n) is 3.27. The van der Waals surface area contributed by atoms with Crippen LogP contribution >= 0.6 is 11.8 Å². The number of unbranched alkanes of at least 4 members (excludes halogenated alkanes) is 2. The lowest BCUT2D eigenvalue weighted by Gasteiger charge is -2.27. The summed E-state index contributed by atoms with van der Waals surface area (Å²) < 4.78 is 0. The number of thioether (sulfide) groups is 1. The molecule has 6 nitrogen and oxygen atoms in total. The number of carbonyl (C=O) groups excluding carboxylic acids is 3. The molecular weight excluding hydrogens is 290 g/mol. The Morgan fingerprint density at radius 3 is 2.52 bits per heavy atom. The molecule has 1 rings (SSSR count). The van der Waals surface area contributed by atoms with E-state index in [-0.39, 0.29) is 22.7 Å². The van der Waals surface area contributed by atoms with Gasteiger partial charge in [-0.15, -0.1) is 0 Å². The van der Waals surface area contributed by atoms with Crippen molar-refractivity contribution < 1.29 is 14.4 Å². The molecule has 2 amide bonds. The van der Waals surface area contributed by atoms with Gasteiger partial charge < -0.3 is 15.5 Å². The first-order valence-corrected chi connectivity index (χ1v) is 8.46. The van der Waals surface area contributed by atoms with Crippen molar-refractivity contribution in [2.24, 2.45) is 0 Å². The molecule has 0 aromatic heterocycles. The Labute approximate surface area is 130 Å². The molecule has 1 heterocycles. The SMILES string of the molecule is CC(=O)SCC(=O)NCCCCCC(=O)N1CCNCC1. The quantitative estimate of drug-likeness (QED) is 0.633. The molecule has 0 radical (unpaired) electrons. The van der Waals surface area contributed by atoms with E-state index in [0.29, 0.717) is 13.0 Å². The summed E-state index contributed by atoms with van der Waals surface area (Å²) in [6.45, 7) is 5.45. The van der Waals surface area contributed by atoms with Gasteiger partial charge in [0.1, 0.15) is 0 Å². The zero-order valence-electron chi connectivity index (χ0n) is 12.7. The molecule has 0 spiro atoms. The van der Waals surface area contributed by atoms with E-state index < -0.39 is 0 Å². The zero-order chi connectivity index (χ0) is 15.5. The highest BCUT2D eigenvalue weighted by atomic mass is 32.2. The van der Waals surface area contributed by atoms with Gasteiger partial charge in [-0.2, -0.15) is 0 Å². The highest BCUT2D eigenvalue weighted by Gasteiger charge is 2.15. The van der Waals surface area contributed by atoms with Crippen LogP contribution in [0, 0.1) is 0 Å². The molecule has 0 aliphatic carbocycles. The van der Waals surface area contributed by atoms with E-state index in [9.17, 15) is 14.4 Å². The van der Waals surface area contributed by atoms with Crippen molar-refractivity contribution in [3.8, 4) is 0 Å². The van der Waals surface area contributed by atoms with Crippen LogP contribution in [0.15, 0.2) is 0 Å². The van der Waals surface area contributed by atoms with Crippen molar-refractivity contribution in [1.82, 2.24) is 15.5 Å². The van der Waals surface area contributed by atoms with Gasteiger partial charge >= 0.3 is 0 Å². The summed E-state index contributed by atoms with van der Waals surface area (Å²) in [6, 6.07) is 0. The molecule has 7 heteroatoms. The second-order valence-corrected chi connectivity index (χ2v) is 6.22. The third-order valence-corrected chi connectivity index (χ3v) is 4.08. The van der Waals surface area contributed by atoms with Gasteiger partial charge in [0.05, 0.1) is 5.75 Å². The van der Waals surface area contributed by atoms with Crippen LogP contribution in [0.25, 0.3) is 0 Å². The molecule has 0 atom stereocenters. The number of nitrogens with one attached hydrogen (secondary N) is 2. The Morgan fingerprint density at radius 2 is 1.86 bits per heavy atom. The average Bonchev–Trinajstić information content (AvgIpc) is 2.49. The molecule has 0 unspecified atom stereocenters. The summed E-state index contributed by atoms with van der Waals surface area (Å²) >= 11 is 1.02.